The predicted octanol–water partition coefficient (Wildman–Crippen LogP) is 6.15. The van der Waals surface area contributed by atoms with Crippen molar-refractivity contribution >= 4 is 39.3 Å². The first-order chi connectivity index (χ1) is 16.6. The summed E-state index contributed by atoms with van der Waals surface area (Å²) >= 11 is 3.46. The van der Waals surface area contributed by atoms with Gasteiger partial charge < -0.3 is 0 Å². The van der Waals surface area contributed by atoms with Gasteiger partial charge >= 0.3 is 0 Å². The van der Waals surface area contributed by atoms with Crippen LogP contribution in [0.25, 0.3) is 0 Å². The Balaban J connectivity index is 1.67. The van der Waals surface area contributed by atoms with E-state index >= 15 is 0 Å². The van der Waals surface area contributed by atoms with Gasteiger partial charge in [0.1, 0.15) is 6.04 Å². The molecule has 1 saturated carbocycles. The van der Waals surface area contributed by atoms with E-state index in [0.29, 0.717) is 22.4 Å². The van der Waals surface area contributed by atoms with Gasteiger partial charge in [0.05, 0.1) is 0 Å². The van der Waals surface area contributed by atoms with Crippen LogP contribution in [0.2, 0.25) is 0 Å². The number of nitrogens with zero attached hydrogens (tertiary/aromatic N) is 2. The normalized spacial score (nSPS) is 18.5. The molecule has 0 saturated heterocycles. The molecule has 6 heteroatoms. The number of halogens is 1. The fourth-order valence-electron chi connectivity index (χ4n) is 5.06. The first-order valence-electron chi connectivity index (χ1n) is 11.7. The lowest BCUT2D eigenvalue weighted by Gasteiger charge is -2.42. The van der Waals surface area contributed by atoms with Gasteiger partial charge in [0.2, 0.25) is 0 Å². The summed E-state index contributed by atoms with van der Waals surface area (Å²) in [4.78, 5) is 44.5. The van der Waals surface area contributed by atoms with Gasteiger partial charge in [0.15, 0.2) is 0 Å². The third-order valence-corrected chi connectivity index (χ3v) is 7.25. The number of imide groups is 1. The molecule has 5 nitrogen and oxygen atoms in total. The van der Waals surface area contributed by atoms with Crippen LogP contribution in [-0.2, 0) is 4.79 Å². The molecule has 0 spiro atoms. The van der Waals surface area contributed by atoms with Gasteiger partial charge in [-0.05, 0) is 60.9 Å². The maximum atomic E-state index is 14.1. The Morgan fingerprint density at radius 2 is 1.47 bits per heavy atom. The first-order valence-corrected chi connectivity index (χ1v) is 12.5. The highest BCUT2D eigenvalue weighted by molar-refractivity contribution is 9.10. The zero-order chi connectivity index (χ0) is 23.7. The van der Waals surface area contributed by atoms with E-state index in [9.17, 15) is 14.4 Å². The number of fused-ring (bicyclic) bond motifs is 1. The molecule has 34 heavy (non-hydrogen) atoms. The van der Waals surface area contributed by atoms with Crippen LogP contribution < -0.4 is 4.90 Å². The van der Waals surface area contributed by atoms with E-state index in [1.165, 1.54) is 4.90 Å². The van der Waals surface area contributed by atoms with Crippen molar-refractivity contribution in [3.05, 3.63) is 100 Å². The van der Waals surface area contributed by atoms with Crippen molar-refractivity contribution in [3.8, 4) is 0 Å². The fourth-order valence-corrected chi connectivity index (χ4v) is 5.33. The molecule has 5 rings (SSSR count). The quantitative estimate of drug-likeness (QED) is 0.390. The molecule has 1 aliphatic heterocycles. The number of carbonyl (C=O) groups is 3. The van der Waals surface area contributed by atoms with Crippen LogP contribution in [0.5, 0.6) is 0 Å². The van der Waals surface area contributed by atoms with Crippen LogP contribution >= 0.6 is 15.9 Å². The maximum Gasteiger partial charge on any atom is 0.261 e. The first kappa shape index (κ1) is 22.5. The van der Waals surface area contributed by atoms with Gasteiger partial charge in [-0.3, -0.25) is 24.2 Å². The standard InChI is InChI=1S/C28H25BrN2O3/c29-20-15-17-22(18-16-20)30(26(32)19-9-3-1-4-10-19)25-23-13-7-8-14-24(23)27(33)31(28(25)34)21-11-5-2-6-12-21/h1,3-4,7-10,13-18,21,25H,2,5-6,11-12H2. The van der Waals surface area contributed by atoms with Gasteiger partial charge in [-0.2, -0.15) is 0 Å². The van der Waals surface area contributed by atoms with Gasteiger partial charge in [0.25, 0.3) is 17.7 Å². The number of rotatable bonds is 4. The van der Waals surface area contributed by atoms with Gasteiger partial charge in [-0.25, -0.2) is 0 Å². The number of anilines is 1. The topological polar surface area (TPSA) is 57.7 Å². The van der Waals surface area contributed by atoms with Crippen LogP contribution in [0.1, 0.15) is 64.4 Å². The molecule has 0 radical (unpaired) electrons. The molecule has 1 aliphatic carbocycles. The Labute approximate surface area is 207 Å². The molecule has 1 atom stereocenters. The molecule has 3 aromatic rings. The van der Waals surface area contributed by atoms with E-state index in [1.54, 1.807) is 29.2 Å². The summed E-state index contributed by atoms with van der Waals surface area (Å²) in [6.45, 7) is 0. The summed E-state index contributed by atoms with van der Waals surface area (Å²) in [5.41, 5.74) is 2.14. The molecule has 0 N–H and O–H groups in total. The minimum Gasteiger partial charge on any atom is -0.292 e. The molecule has 1 unspecified atom stereocenters. The zero-order valence-corrected chi connectivity index (χ0v) is 20.3. The number of hydrogen-bond donors (Lipinski definition) is 0. The largest absolute Gasteiger partial charge is 0.292 e. The smallest absolute Gasteiger partial charge is 0.261 e. The van der Waals surface area contributed by atoms with Crippen LogP contribution in [0.3, 0.4) is 0 Å². The highest BCUT2D eigenvalue weighted by Crippen LogP contribution is 2.39. The summed E-state index contributed by atoms with van der Waals surface area (Å²) in [5.74, 6) is -0.872. The van der Waals surface area contributed by atoms with Crippen molar-refractivity contribution in [2.45, 2.75) is 44.2 Å². The Hall–Kier alpha value is -3.25. The summed E-state index contributed by atoms with van der Waals surface area (Å²) in [6.07, 6.45) is 4.71. The summed E-state index contributed by atoms with van der Waals surface area (Å²) < 4.78 is 0.873. The summed E-state index contributed by atoms with van der Waals surface area (Å²) in [7, 11) is 0. The monoisotopic (exact) mass is 516 g/mol. The molecule has 1 fully saturated rings. The Kier molecular flexibility index (Phi) is 6.33. The van der Waals surface area contributed by atoms with E-state index in [1.807, 2.05) is 54.6 Å². The van der Waals surface area contributed by atoms with Gasteiger partial charge in [-0.15, -0.1) is 0 Å². The second-order valence-electron chi connectivity index (χ2n) is 8.81. The molecule has 172 valence electrons. The SMILES string of the molecule is O=C1c2ccccc2C(N(C(=O)c2ccccc2)c2ccc(Br)cc2)C(=O)N1C1CCCCC1. The molecule has 1 heterocycles. The summed E-state index contributed by atoms with van der Waals surface area (Å²) in [6, 6.07) is 22.4. The van der Waals surface area contributed by atoms with Crippen molar-refractivity contribution in [2.24, 2.45) is 0 Å². The molecule has 2 aliphatic rings. The Bertz CT molecular complexity index is 1220. The van der Waals surface area contributed by atoms with Crippen LogP contribution in [0, 0.1) is 0 Å². The molecule has 0 bridgehead atoms. The van der Waals surface area contributed by atoms with Gasteiger partial charge in [0, 0.05) is 27.3 Å². The number of amides is 3. The van der Waals surface area contributed by atoms with Crippen molar-refractivity contribution < 1.29 is 14.4 Å². The van der Waals surface area contributed by atoms with Crippen molar-refractivity contribution in [1.29, 1.82) is 0 Å². The lowest BCUT2D eigenvalue weighted by Crippen LogP contribution is -2.55. The van der Waals surface area contributed by atoms with Gasteiger partial charge in [-0.1, -0.05) is 71.6 Å². The minimum atomic E-state index is -0.926. The summed E-state index contributed by atoms with van der Waals surface area (Å²) in [5, 5.41) is 0. The molecular weight excluding hydrogens is 492 g/mol. The number of benzene rings is 3. The second kappa shape index (κ2) is 9.55. The van der Waals surface area contributed by atoms with E-state index in [-0.39, 0.29) is 23.8 Å². The third kappa shape index (κ3) is 4.07. The molecule has 0 aromatic heterocycles. The highest BCUT2D eigenvalue weighted by atomic mass is 79.9. The Morgan fingerprint density at radius 3 is 2.18 bits per heavy atom. The Morgan fingerprint density at radius 1 is 0.824 bits per heavy atom. The lowest BCUT2D eigenvalue weighted by molar-refractivity contribution is -0.133. The second-order valence-corrected chi connectivity index (χ2v) is 9.73. The zero-order valence-electron chi connectivity index (χ0n) is 18.7. The van der Waals surface area contributed by atoms with Crippen LogP contribution in [0.4, 0.5) is 5.69 Å². The minimum absolute atomic E-state index is 0.136. The third-order valence-electron chi connectivity index (χ3n) is 6.72. The lowest BCUT2D eigenvalue weighted by atomic mass is 9.87. The molecule has 3 aromatic carbocycles. The van der Waals surface area contributed by atoms with Crippen molar-refractivity contribution in [3.63, 3.8) is 0 Å². The molecule has 3 amide bonds. The highest BCUT2D eigenvalue weighted by Gasteiger charge is 2.46. The fraction of sp³-hybridized carbons (Fsp3) is 0.250. The van der Waals surface area contributed by atoms with E-state index in [4.69, 9.17) is 0 Å². The average Bonchev–Trinajstić information content (AvgIpc) is 2.88. The van der Waals surface area contributed by atoms with E-state index in [0.717, 1.165) is 36.6 Å². The van der Waals surface area contributed by atoms with E-state index < -0.39 is 6.04 Å². The van der Waals surface area contributed by atoms with Crippen molar-refractivity contribution in [2.75, 3.05) is 4.90 Å². The van der Waals surface area contributed by atoms with Crippen LogP contribution in [-0.4, -0.2) is 28.7 Å². The number of hydrogen-bond acceptors (Lipinski definition) is 3. The molecular formula is C28H25BrN2O3. The van der Waals surface area contributed by atoms with Crippen molar-refractivity contribution in [1.82, 2.24) is 4.90 Å². The van der Waals surface area contributed by atoms with E-state index in [2.05, 4.69) is 15.9 Å². The average molecular weight is 517 g/mol. The maximum absolute atomic E-state index is 14.1. The number of carbonyl (C=O) groups excluding carboxylic acids is 3. The predicted molar refractivity (Wildman–Crippen MR) is 135 cm³/mol. The van der Waals surface area contributed by atoms with Crippen LogP contribution in [0.15, 0.2) is 83.3 Å².